The molecule has 0 aliphatic heterocycles. The number of phenolic OH excluding ortho intramolecular Hbond substituents is 2. The number of phenols is 2. The first-order valence-corrected chi connectivity index (χ1v) is 37.8. The molecular formula is C75H101N21O27. The first-order chi connectivity index (χ1) is 58.1. The molecule has 17 atom stereocenters. The van der Waals surface area contributed by atoms with Crippen LogP contribution in [0.2, 0.25) is 0 Å². The van der Waals surface area contributed by atoms with E-state index in [1.54, 1.807) is 30.3 Å². The van der Waals surface area contributed by atoms with E-state index in [-0.39, 0.29) is 47.7 Å². The van der Waals surface area contributed by atoms with Crippen molar-refractivity contribution in [2.75, 3.05) is 26.3 Å². The van der Waals surface area contributed by atoms with Gasteiger partial charge in [-0.3, -0.25) is 81.5 Å². The van der Waals surface area contributed by atoms with Gasteiger partial charge in [0.25, 0.3) is 0 Å². The van der Waals surface area contributed by atoms with Gasteiger partial charge >= 0.3 is 11.9 Å². The highest BCUT2D eigenvalue weighted by Crippen LogP contribution is 2.16. The third-order valence-electron chi connectivity index (χ3n) is 18.1. The van der Waals surface area contributed by atoms with Gasteiger partial charge in [0.15, 0.2) is 0 Å². The Labute approximate surface area is 699 Å². The number of nitrogens with one attached hydrogen (secondary N) is 17. The normalized spacial score (nSPS) is 15.2. The summed E-state index contributed by atoms with van der Waals surface area (Å²) in [6, 6.07) is -5.92. The van der Waals surface area contributed by atoms with Crippen molar-refractivity contribution >= 4 is 106 Å². The smallest absolute Gasteiger partial charge is 0.326 e. The Morgan fingerprint density at radius 3 is 1.15 bits per heavy atom. The van der Waals surface area contributed by atoms with Crippen LogP contribution in [0.4, 0.5) is 0 Å². The molecule has 2 heterocycles. The molecule has 30 N–H and O–H groups in total. The second-order valence-electron chi connectivity index (χ2n) is 28.2. The molecule has 0 saturated heterocycles. The Balaban J connectivity index is 1.22. The zero-order chi connectivity index (χ0) is 91.5. The van der Waals surface area contributed by atoms with Crippen LogP contribution in [0, 0.1) is 0 Å². The summed E-state index contributed by atoms with van der Waals surface area (Å²) in [6.45, 7) is 1.42. The van der Waals surface area contributed by atoms with Gasteiger partial charge in [-0.15, -0.1) is 0 Å². The standard InChI is InChI=1S/C75H101N21O27/c1-34(84-56(105)28-80-64(111)48(22-42-26-78-32-82-42)87-69(116)50(24-55(76)104)88-70(117)51(25-58(107)108)89-71(118)54(31-98)94-72(119)59(77)36(3)99)63(110)96-61(38(5)101)74(121)90-46(20-40-11-15-44(102)16-12-40)66(113)85-35(2)62(109)86-47(19-39-9-7-6-8-10-39)67(114)93-53(30-97)65(112)81-29-57(106)95-60(37(4)100)73(120)91-49(23-43-27-79-33-83-43)68(115)92-52(75(122)123)21-41-13-17-45(103)18-14-41/h6-18,26-27,32-38,46-54,59-61,97-103H,19-25,28-31,77H2,1-5H3,(H2,76,104)(H,78,82)(H,79,83)(H,80,111)(H,81,112)(H,84,105)(H,85,113)(H,86,109)(H,87,116)(H,88,117)(H,89,118)(H,90,121)(H,91,120)(H,92,115)(H,93,114)(H,94,119)(H,95,106)(H,96,110)(H,107,108)(H,122,123)/t34-,35-,36+,37+,38+,46-,47-,48-,49-,50-,51-,52-,53-,54-,59-,60-,61-/m0/s1. The lowest BCUT2D eigenvalue weighted by Crippen LogP contribution is -2.61. The molecular weight excluding hydrogens is 1630 g/mol. The first-order valence-electron chi connectivity index (χ1n) is 37.8. The molecule has 48 heteroatoms. The third-order valence-corrected chi connectivity index (χ3v) is 18.1. The highest BCUT2D eigenvalue weighted by molar-refractivity contribution is 6.01. The van der Waals surface area contributed by atoms with Crippen molar-refractivity contribution in [1.82, 2.24) is 99.7 Å². The summed E-state index contributed by atoms with van der Waals surface area (Å²) in [5, 5.41) is 125. The van der Waals surface area contributed by atoms with Gasteiger partial charge in [-0.2, -0.15) is 0 Å². The first kappa shape index (κ1) is 99.5. The summed E-state index contributed by atoms with van der Waals surface area (Å²) in [7, 11) is 0. The number of hydrogen-bond acceptors (Lipinski definition) is 28. The van der Waals surface area contributed by atoms with Crippen LogP contribution in [0.15, 0.2) is 104 Å². The quantitative estimate of drug-likeness (QED) is 0.0172. The lowest BCUT2D eigenvalue weighted by molar-refractivity contribution is -0.142. The molecule has 48 nitrogen and oxygen atoms in total. The lowest BCUT2D eigenvalue weighted by atomic mass is 10.0. The van der Waals surface area contributed by atoms with Gasteiger partial charge in [0, 0.05) is 44.5 Å². The Hall–Kier alpha value is -14.1. The molecule has 5 rings (SSSR count). The number of hydrogen-bond donors (Lipinski definition) is 28. The van der Waals surface area contributed by atoms with E-state index >= 15 is 0 Å². The summed E-state index contributed by atoms with van der Waals surface area (Å²) in [5.41, 5.74) is 12.4. The lowest BCUT2D eigenvalue weighted by Gasteiger charge is -2.27. The average Bonchev–Trinajstić information content (AvgIpc) is 1.41. The van der Waals surface area contributed by atoms with Crippen LogP contribution in [0.25, 0.3) is 0 Å². The van der Waals surface area contributed by atoms with E-state index in [0.29, 0.717) is 11.1 Å². The number of aromatic amines is 2. The van der Waals surface area contributed by atoms with Crippen LogP contribution in [0.1, 0.15) is 75.5 Å². The van der Waals surface area contributed by atoms with Gasteiger partial charge < -0.3 is 147 Å². The summed E-state index contributed by atoms with van der Waals surface area (Å²) in [5.74, 6) is -22.3. The maximum atomic E-state index is 14.3. The molecule has 0 spiro atoms. The van der Waals surface area contributed by atoms with Crippen molar-refractivity contribution in [2.45, 2.75) is 182 Å². The molecule has 123 heavy (non-hydrogen) atoms. The van der Waals surface area contributed by atoms with Crippen LogP contribution < -0.4 is 91.2 Å². The molecule has 0 saturated carbocycles. The van der Waals surface area contributed by atoms with Crippen LogP contribution in [-0.2, 0) is 118 Å². The highest BCUT2D eigenvalue weighted by atomic mass is 16.4. The predicted octanol–water partition coefficient (Wildman–Crippen LogP) is -11.5. The van der Waals surface area contributed by atoms with E-state index in [1.807, 2.05) is 10.6 Å². The maximum absolute atomic E-state index is 14.3. The number of carboxylic acid groups (broad SMARTS) is 2. The van der Waals surface area contributed by atoms with Gasteiger partial charge in [0.1, 0.15) is 96.1 Å². The van der Waals surface area contributed by atoms with Crippen LogP contribution >= 0.6 is 0 Å². The molecule has 0 unspecified atom stereocenters. The number of H-pyrrole nitrogens is 2. The number of aliphatic hydroxyl groups is 5. The van der Waals surface area contributed by atoms with E-state index in [2.05, 4.69) is 89.1 Å². The Kier molecular flexibility index (Phi) is 39.5. The van der Waals surface area contributed by atoms with Gasteiger partial charge in [0.05, 0.1) is 81.5 Å². The number of imidazole rings is 2. The predicted molar refractivity (Wildman–Crippen MR) is 422 cm³/mol. The van der Waals surface area contributed by atoms with E-state index in [9.17, 15) is 132 Å². The van der Waals surface area contributed by atoms with Gasteiger partial charge in [-0.25, -0.2) is 14.8 Å². The Morgan fingerprint density at radius 1 is 0.366 bits per heavy atom. The molecule has 2 aromatic heterocycles. The minimum Gasteiger partial charge on any atom is -0.508 e. The van der Waals surface area contributed by atoms with E-state index in [1.165, 1.54) is 80.5 Å². The Bertz CT molecular complexity index is 4480. The van der Waals surface area contributed by atoms with Gasteiger partial charge in [0.2, 0.25) is 94.5 Å². The number of primary amides is 1. The molecule has 3 aromatic carbocycles. The van der Waals surface area contributed by atoms with Crippen LogP contribution in [0.5, 0.6) is 11.5 Å². The van der Waals surface area contributed by atoms with Crippen molar-refractivity contribution in [3.05, 3.63) is 132 Å². The molecule has 16 amide bonds. The number of aromatic nitrogens is 4. The van der Waals surface area contributed by atoms with Gasteiger partial charge in [-0.1, -0.05) is 54.6 Å². The van der Waals surface area contributed by atoms with Crippen LogP contribution in [0.3, 0.4) is 0 Å². The molecule has 0 fully saturated rings. The number of carbonyl (C=O) groups excluding carboxylic acids is 16. The van der Waals surface area contributed by atoms with Crippen molar-refractivity contribution < 1.29 is 132 Å². The average molecular weight is 1730 g/mol. The number of amides is 16. The fourth-order valence-corrected chi connectivity index (χ4v) is 11.3. The molecule has 0 radical (unpaired) electrons. The largest absolute Gasteiger partial charge is 0.508 e. The van der Waals surface area contributed by atoms with Crippen molar-refractivity contribution in [1.29, 1.82) is 0 Å². The number of aliphatic carboxylic acids is 2. The molecule has 0 aliphatic carbocycles. The van der Waals surface area contributed by atoms with Crippen molar-refractivity contribution in [3.8, 4) is 11.5 Å². The third kappa shape index (κ3) is 33.6. The SMILES string of the molecule is C[C@H](NC(=O)CNC(=O)[C@H](Cc1c[nH]cn1)NC(=O)[C@H](CC(N)=O)NC(=O)[C@H](CC(=O)O)NC(=O)[C@H](CO)NC(=O)[C@@H](N)[C@@H](C)O)C(=O)N[C@H](C(=O)N[C@@H](Cc1ccc(O)cc1)C(=O)N[C@@H](C)C(=O)N[C@@H](Cc1ccccc1)C(=O)N[C@@H](CO)C(=O)NCC(=O)N[C@H](C(=O)N[C@@H](Cc1c[nH]cn1)C(=O)N[C@@H](Cc1ccc(O)cc1)C(=O)O)[C@@H](C)O)[C@@H](C)O. The fourth-order valence-electron chi connectivity index (χ4n) is 11.3. The Morgan fingerprint density at radius 2 is 0.707 bits per heavy atom. The van der Waals surface area contributed by atoms with Crippen molar-refractivity contribution in [3.63, 3.8) is 0 Å². The second kappa shape index (κ2) is 48.8. The fraction of sp³-hybridized carbons (Fsp3) is 0.440. The van der Waals surface area contributed by atoms with E-state index in [0.717, 1.165) is 27.7 Å². The number of carbonyl (C=O) groups is 18. The molecule has 0 bridgehead atoms. The monoisotopic (exact) mass is 1730 g/mol. The number of benzene rings is 3. The summed E-state index contributed by atoms with van der Waals surface area (Å²) >= 11 is 0. The number of nitrogens with two attached hydrogens (primary N) is 2. The maximum Gasteiger partial charge on any atom is 0.326 e. The zero-order valence-corrected chi connectivity index (χ0v) is 66.8. The molecule has 668 valence electrons. The van der Waals surface area contributed by atoms with Crippen molar-refractivity contribution in [2.24, 2.45) is 11.5 Å². The second-order valence-corrected chi connectivity index (χ2v) is 28.2. The molecule has 0 aliphatic rings. The topological polar surface area (TPSA) is 779 Å². The summed E-state index contributed by atoms with van der Waals surface area (Å²) in [4.78, 5) is 255. The molecule has 5 aromatic rings. The highest BCUT2D eigenvalue weighted by Gasteiger charge is 2.39. The van der Waals surface area contributed by atoms with Gasteiger partial charge in [-0.05, 0) is 75.6 Å². The number of aliphatic hydroxyl groups excluding tert-OH is 5. The number of aromatic hydroxyl groups is 2. The zero-order valence-electron chi connectivity index (χ0n) is 66.8. The summed E-state index contributed by atoms with van der Waals surface area (Å²) in [6.07, 6.45) is -3.72. The number of carboxylic acids is 2. The van der Waals surface area contributed by atoms with E-state index in [4.69, 9.17) is 11.5 Å². The summed E-state index contributed by atoms with van der Waals surface area (Å²) < 4.78 is 0. The minimum atomic E-state index is -2.09. The van der Waals surface area contributed by atoms with Crippen LogP contribution in [-0.4, -0.2) is 302 Å². The van der Waals surface area contributed by atoms with E-state index < -0.39 is 261 Å². The number of nitrogens with zero attached hydrogens (tertiary/aromatic N) is 2. The number of rotatable bonds is 50. The minimum absolute atomic E-state index is 0.0999.